The van der Waals surface area contributed by atoms with Crippen molar-refractivity contribution in [3.8, 4) is 0 Å². The first-order chi connectivity index (χ1) is 8.79. The second-order valence-electron chi connectivity index (χ2n) is 4.10. The molecule has 1 heterocycles. The first-order valence-electron chi connectivity index (χ1n) is 6.35. The molecule has 1 aliphatic rings. The predicted molar refractivity (Wildman–Crippen MR) is 63.7 cm³/mol. The Hall–Kier alpha value is -0.690. The Morgan fingerprint density at radius 3 is 2.22 bits per heavy atom. The molecule has 0 aliphatic carbocycles. The van der Waals surface area contributed by atoms with Gasteiger partial charge in [-0.25, -0.2) is 0 Å². The topological polar surface area (TPSA) is 74.2 Å². The van der Waals surface area contributed by atoms with Gasteiger partial charge in [-0.1, -0.05) is 0 Å². The van der Waals surface area contributed by atoms with Crippen molar-refractivity contribution in [2.75, 3.05) is 46.2 Å². The maximum absolute atomic E-state index is 10.7. The maximum atomic E-state index is 10.7. The summed E-state index contributed by atoms with van der Waals surface area (Å²) in [6.45, 7) is 3.77. The van der Waals surface area contributed by atoms with Crippen molar-refractivity contribution in [1.82, 2.24) is 0 Å². The lowest BCUT2D eigenvalue weighted by molar-refractivity contribution is -0.141. The first-order valence-corrected chi connectivity index (χ1v) is 6.35. The minimum Gasteiger partial charge on any atom is -0.481 e. The molecule has 1 fully saturated rings. The standard InChI is InChI=1S/C12H22O6/c13-12(14)9-11-10-17-5-1-3-15-7-8-16-4-2-6-18-11/h11H,1-10H2,(H,13,14). The summed E-state index contributed by atoms with van der Waals surface area (Å²) in [6, 6.07) is 0. The van der Waals surface area contributed by atoms with Crippen LogP contribution >= 0.6 is 0 Å². The van der Waals surface area contributed by atoms with E-state index in [2.05, 4.69) is 0 Å². The average molecular weight is 262 g/mol. The van der Waals surface area contributed by atoms with Crippen molar-refractivity contribution in [3.05, 3.63) is 0 Å². The molecule has 1 rings (SSSR count). The lowest BCUT2D eigenvalue weighted by Crippen LogP contribution is -2.25. The molecule has 1 unspecified atom stereocenters. The fraction of sp³-hybridized carbons (Fsp3) is 0.917. The average Bonchev–Trinajstić information content (AvgIpc) is 2.33. The van der Waals surface area contributed by atoms with Crippen molar-refractivity contribution in [3.63, 3.8) is 0 Å². The normalized spacial score (nSPS) is 25.2. The van der Waals surface area contributed by atoms with Crippen molar-refractivity contribution in [2.45, 2.75) is 25.4 Å². The van der Waals surface area contributed by atoms with Crippen molar-refractivity contribution in [1.29, 1.82) is 0 Å². The molecule has 0 aromatic rings. The van der Waals surface area contributed by atoms with Crippen LogP contribution in [-0.4, -0.2) is 63.4 Å². The van der Waals surface area contributed by atoms with Gasteiger partial charge in [-0.2, -0.15) is 0 Å². The van der Waals surface area contributed by atoms with Crippen LogP contribution in [0.4, 0.5) is 0 Å². The predicted octanol–water partition coefficient (Wildman–Crippen LogP) is 0.690. The van der Waals surface area contributed by atoms with E-state index in [0.29, 0.717) is 46.2 Å². The van der Waals surface area contributed by atoms with Crippen LogP contribution in [0, 0.1) is 0 Å². The SMILES string of the molecule is O=C(O)CC1COCCCOCCOCCCO1. The summed E-state index contributed by atoms with van der Waals surface area (Å²) in [4.78, 5) is 10.7. The molecular formula is C12H22O6. The molecule has 1 N–H and O–H groups in total. The highest BCUT2D eigenvalue weighted by atomic mass is 16.5. The van der Waals surface area contributed by atoms with Crippen LogP contribution in [0.2, 0.25) is 0 Å². The number of carbonyl (C=O) groups is 1. The lowest BCUT2D eigenvalue weighted by atomic mass is 10.2. The molecular weight excluding hydrogens is 240 g/mol. The van der Waals surface area contributed by atoms with E-state index in [9.17, 15) is 4.79 Å². The highest BCUT2D eigenvalue weighted by molar-refractivity contribution is 5.67. The molecule has 1 aliphatic heterocycles. The zero-order chi connectivity index (χ0) is 13.1. The fourth-order valence-electron chi connectivity index (χ4n) is 1.57. The van der Waals surface area contributed by atoms with Gasteiger partial charge < -0.3 is 24.1 Å². The molecule has 0 amide bonds. The monoisotopic (exact) mass is 262 g/mol. The van der Waals surface area contributed by atoms with Gasteiger partial charge in [0.25, 0.3) is 0 Å². The first kappa shape index (κ1) is 15.4. The number of carboxylic acids is 1. The molecule has 1 atom stereocenters. The van der Waals surface area contributed by atoms with Gasteiger partial charge in [0.1, 0.15) is 0 Å². The van der Waals surface area contributed by atoms with Crippen molar-refractivity contribution < 1.29 is 28.8 Å². The van der Waals surface area contributed by atoms with Gasteiger partial charge in [-0.3, -0.25) is 4.79 Å². The van der Waals surface area contributed by atoms with E-state index in [0.717, 1.165) is 12.8 Å². The molecule has 0 spiro atoms. The minimum absolute atomic E-state index is 0.0304. The molecule has 0 aromatic carbocycles. The third-order valence-electron chi connectivity index (χ3n) is 2.44. The zero-order valence-corrected chi connectivity index (χ0v) is 10.6. The Labute approximate surface area is 107 Å². The maximum Gasteiger partial charge on any atom is 0.306 e. The Bertz CT molecular complexity index is 207. The van der Waals surface area contributed by atoms with E-state index in [1.165, 1.54) is 0 Å². The molecule has 106 valence electrons. The summed E-state index contributed by atoms with van der Waals surface area (Å²) < 4.78 is 21.6. The van der Waals surface area contributed by atoms with Crippen LogP contribution in [-0.2, 0) is 23.7 Å². The van der Waals surface area contributed by atoms with Gasteiger partial charge in [0.05, 0.1) is 32.3 Å². The van der Waals surface area contributed by atoms with Crippen LogP contribution in [0.3, 0.4) is 0 Å². The second kappa shape index (κ2) is 10.3. The van der Waals surface area contributed by atoms with E-state index in [4.69, 9.17) is 24.1 Å². The molecule has 0 radical (unpaired) electrons. The van der Waals surface area contributed by atoms with Crippen molar-refractivity contribution in [2.24, 2.45) is 0 Å². The molecule has 0 aromatic heterocycles. The van der Waals surface area contributed by atoms with E-state index in [1.807, 2.05) is 0 Å². The summed E-state index contributed by atoms with van der Waals surface area (Å²) in [6.07, 6.45) is 1.12. The second-order valence-corrected chi connectivity index (χ2v) is 4.10. The van der Waals surface area contributed by atoms with Gasteiger partial charge in [-0.05, 0) is 12.8 Å². The Kier molecular flexibility index (Phi) is 8.75. The van der Waals surface area contributed by atoms with Gasteiger partial charge in [0.15, 0.2) is 0 Å². The molecule has 1 saturated heterocycles. The molecule has 6 nitrogen and oxygen atoms in total. The quantitative estimate of drug-likeness (QED) is 0.789. The van der Waals surface area contributed by atoms with Crippen LogP contribution in [0.15, 0.2) is 0 Å². The summed E-state index contributed by atoms with van der Waals surface area (Å²) in [5, 5.41) is 8.76. The molecule has 0 saturated carbocycles. The van der Waals surface area contributed by atoms with Gasteiger partial charge >= 0.3 is 5.97 Å². The largest absolute Gasteiger partial charge is 0.481 e. The van der Waals surface area contributed by atoms with E-state index >= 15 is 0 Å². The number of hydrogen-bond acceptors (Lipinski definition) is 5. The summed E-state index contributed by atoms with van der Waals surface area (Å²) >= 11 is 0. The van der Waals surface area contributed by atoms with E-state index < -0.39 is 5.97 Å². The Morgan fingerprint density at radius 2 is 1.56 bits per heavy atom. The third-order valence-corrected chi connectivity index (χ3v) is 2.44. The number of ether oxygens (including phenoxy) is 4. The Balaban J connectivity index is 2.26. The number of carboxylic acid groups (broad SMARTS) is 1. The van der Waals surface area contributed by atoms with Gasteiger partial charge in [0, 0.05) is 26.4 Å². The third kappa shape index (κ3) is 8.41. The van der Waals surface area contributed by atoms with Crippen molar-refractivity contribution >= 4 is 5.97 Å². The highest BCUT2D eigenvalue weighted by Gasteiger charge is 2.14. The summed E-state index contributed by atoms with van der Waals surface area (Å²) in [5.74, 6) is -0.871. The lowest BCUT2D eigenvalue weighted by Gasteiger charge is -2.17. The molecule has 18 heavy (non-hydrogen) atoms. The summed E-state index contributed by atoms with van der Waals surface area (Å²) in [5.41, 5.74) is 0. The Morgan fingerprint density at radius 1 is 0.944 bits per heavy atom. The van der Waals surface area contributed by atoms with Crippen LogP contribution in [0.25, 0.3) is 0 Å². The molecule has 0 bridgehead atoms. The molecule has 6 heteroatoms. The minimum atomic E-state index is -0.871. The van der Waals surface area contributed by atoms with Crippen LogP contribution in [0.1, 0.15) is 19.3 Å². The fourth-order valence-corrected chi connectivity index (χ4v) is 1.57. The van der Waals surface area contributed by atoms with E-state index in [1.54, 1.807) is 0 Å². The van der Waals surface area contributed by atoms with Gasteiger partial charge in [-0.15, -0.1) is 0 Å². The zero-order valence-electron chi connectivity index (χ0n) is 10.6. The van der Waals surface area contributed by atoms with Gasteiger partial charge in [0.2, 0.25) is 0 Å². The smallest absolute Gasteiger partial charge is 0.306 e. The highest BCUT2D eigenvalue weighted by Crippen LogP contribution is 2.02. The number of aliphatic carboxylic acids is 1. The van der Waals surface area contributed by atoms with Crippen LogP contribution in [0.5, 0.6) is 0 Å². The summed E-state index contributed by atoms with van der Waals surface area (Å²) in [7, 11) is 0. The van der Waals surface area contributed by atoms with E-state index in [-0.39, 0.29) is 12.5 Å². The number of rotatable bonds is 2. The number of hydrogen-bond donors (Lipinski definition) is 1. The van der Waals surface area contributed by atoms with Crippen LogP contribution < -0.4 is 0 Å².